The minimum absolute atomic E-state index is 0.00367. The van der Waals surface area contributed by atoms with Crippen molar-refractivity contribution in [1.82, 2.24) is 30.2 Å². The van der Waals surface area contributed by atoms with E-state index in [-0.39, 0.29) is 31.9 Å². The van der Waals surface area contributed by atoms with Gasteiger partial charge in [-0.25, -0.2) is 23.2 Å². The van der Waals surface area contributed by atoms with Crippen LogP contribution in [0.4, 0.5) is 4.79 Å². The molecule has 3 N–H and O–H groups in total. The molecule has 1 aromatic heterocycles. The summed E-state index contributed by atoms with van der Waals surface area (Å²) < 4.78 is 39.8. The lowest BCUT2D eigenvalue weighted by Crippen LogP contribution is -2.60. The van der Waals surface area contributed by atoms with E-state index in [2.05, 4.69) is 21.9 Å². The van der Waals surface area contributed by atoms with Crippen LogP contribution in [0.1, 0.15) is 71.3 Å². The van der Waals surface area contributed by atoms with Gasteiger partial charge in [-0.1, -0.05) is 63.2 Å². The molecule has 0 radical (unpaired) electrons. The van der Waals surface area contributed by atoms with E-state index in [1.807, 2.05) is 48.5 Å². The van der Waals surface area contributed by atoms with Crippen LogP contribution in [0.2, 0.25) is 0 Å². The fourth-order valence-corrected chi connectivity index (χ4v) is 8.77. The van der Waals surface area contributed by atoms with Crippen LogP contribution in [0.25, 0.3) is 22.3 Å². The summed E-state index contributed by atoms with van der Waals surface area (Å²) >= 11 is 0. The van der Waals surface area contributed by atoms with Gasteiger partial charge >= 0.3 is 6.09 Å². The zero-order chi connectivity index (χ0) is 39.1. The van der Waals surface area contributed by atoms with E-state index in [1.54, 1.807) is 20.8 Å². The average Bonchev–Trinajstić information content (AvgIpc) is 4.08. The summed E-state index contributed by atoms with van der Waals surface area (Å²) in [5.41, 5.74) is 1.28. The number of nitrogens with one attached hydrogen (secondary N) is 3. The predicted octanol–water partition coefficient (Wildman–Crippen LogP) is 4.18. The highest BCUT2D eigenvalue weighted by atomic mass is 32.2. The number of sulfonamides is 1. The number of fused-ring (bicyclic) bond motifs is 4. The Morgan fingerprint density at radius 2 is 1.80 bits per heavy atom. The molecule has 2 aliphatic heterocycles. The number of nitrogens with zero attached hydrogens (tertiary/aromatic N) is 3. The van der Waals surface area contributed by atoms with Crippen LogP contribution in [0, 0.1) is 11.3 Å². The Hall–Kier alpha value is -5.05. The molecule has 2 aromatic carbocycles. The van der Waals surface area contributed by atoms with Crippen molar-refractivity contribution in [3.05, 3.63) is 66.7 Å². The van der Waals surface area contributed by atoms with E-state index in [4.69, 9.17) is 19.4 Å². The number of carbonyl (C=O) groups is 4. The molecule has 2 aliphatic carbocycles. The summed E-state index contributed by atoms with van der Waals surface area (Å²) in [6, 6.07) is 13.1. The van der Waals surface area contributed by atoms with Crippen molar-refractivity contribution < 1.29 is 37.1 Å². The zero-order valence-electron chi connectivity index (χ0n) is 31.4. The molecular weight excluding hydrogens is 725 g/mol. The SMILES string of the molecule is C=C[C@@H]1C[C@@]1(NC(=O)[C@@H]1C[C@@H]2CN1C(=O)[C@H](C(C)(C)C)NC(=O)OCCCCCc1ccc3nc(-c4ccccc4)c(nc3c1)O2)C(=O)NS(=O)(=O)C1CC1. The summed E-state index contributed by atoms with van der Waals surface area (Å²) in [4.78, 5) is 66.9. The summed E-state index contributed by atoms with van der Waals surface area (Å²) in [5, 5.41) is 4.92. The number of cyclic esters (lactones) is 1. The van der Waals surface area contributed by atoms with Gasteiger partial charge in [0.05, 0.1) is 29.4 Å². The maximum atomic E-state index is 14.6. The molecule has 15 heteroatoms. The molecular formula is C40H48N6O8S. The zero-order valence-corrected chi connectivity index (χ0v) is 32.2. The number of alkyl carbamates (subject to hydrolysis) is 1. The molecule has 4 amide bonds. The lowest BCUT2D eigenvalue weighted by molar-refractivity contribution is -0.142. The number of carbonyl (C=O) groups excluding carboxylic acids is 4. The van der Waals surface area contributed by atoms with Gasteiger partial charge in [-0.15, -0.1) is 6.58 Å². The first kappa shape index (κ1) is 38.2. The largest absolute Gasteiger partial charge is 0.471 e. The molecule has 3 fully saturated rings. The van der Waals surface area contributed by atoms with Crippen molar-refractivity contribution in [2.45, 2.75) is 101 Å². The number of ether oxygens (including phenoxy) is 2. The number of amides is 4. The van der Waals surface area contributed by atoms with E-state index in [0.717, 1.165) is 30.4 Å². The monoisotopic (exact) mass is 772 g/mol. The fourth-order valence-electron chi connectivity index (χ4n) is 7.40. The smallest absolute Gasteiger partial charge is 0.407 e. The first-order chi connectivity index (χ1) is 26.2. The molecule has 1 saturated heterocycles. The Morgan fingerprint density at radius 1 is 1.04 bits per heavy atom. The molecule has 2 saturated carbocycles. The van der Waals surface area contributed by atoms with Gasteiger partial charge in [0.2, 0.25) is 27.7 Å². The topological polar surface area (TPSA) is 186 Å². The average molecular weight is 773 g/mol. The highest BCUT2D eigenvalue weighted by molar-refractivity contribution is 7.91. The Bertz CT molecular complexity index is 2120. The van der Waals surface area contributed by atoms with Gasteiger partial charge in [-0.05, 0) is 68.1 Å². The summed E-state index contributed by atoms with van der Waals surface area (Å²) in [5.74, 6) is -2.35. The number of hydrogen-bond acceptors (Lipinski definition) is 10. The van der Waals surface area contributed by atoms with E-state index in [1.165, 1.54) is 11.0 Å². The van der Waals surface area contributed by atoms with Crippen molar-refractivity contribution in [3.8, 4) is 17.1 Å². The molecule has 14 nitrogen and oxygen atoms in total. The van der Waals surface area contributed by atoms with Crippen LogP contribution < -0.4 is 20.1 Å². The van der Waals surface area contributed by atoms with Gasteiger partial charge in [0.15, 0.2) is 0 Å². The lowest BCUT2D eigenvalue weighted by atomic mass is 9.85. The molecule has 292 valence electrons. The van der Waals surface area contributed by atoms with Crippen LogP contribution in [-0.2, 0) is 35.6 Å². The van der Waals surface area contributed by atoms with Gasteiger partial charge in [-0.2, -0.15) is 0 Å². The van der Waals surface area contributed by atoms with Crippen molar-refractivity contribution in [2.75, 3.05) is 13.2 Å². The van der Waals surface area contributed by atoms with Gasteiger partial charge in [0.25, 0.3) is 5.91 Å². The van der Waals surface area contributed by atoms with Crippen molar-refractivity contribution >= 4 is 44.9 Å². The second-order valence-electron chi connectivity index (χ2n) is 16.1. The fraction of sp³-hybridized carbons (Fsp3) is 0.500. The van der Waals surface area contributed by atoms with E-state index in [9.17, 15) is 27.6 Å². The second-order valence-corrected chi connectivity index (χ2v) is 18.1. The second kappa shape index (κ2) is 14.9. The maximum absolute atomic E-state index is 14.6. The Balaban J connectivity index is 1.25. The van der Waals surface area contributed by atoms with Crippen LogP contribution in [0.15, 0.2) is 61.2 Å². The Kier molecular flexibility index (Phi) is 10.3. The summed E-state index contributed by atoms with van der Waals surface area (Å²) in [6.45, 7) is 9.29. The molecule has 3 heterocycles. The number of aromatic nitrogens is 2. The minimum atomic E-state index is -3.91. The normalized spacial score (nSPS) is 26.2. The number of aryl methyl sites for hydroxylation is 1. The molecule has 7 rings (SSSR count). The van der Waals surface area contributed by atoms with E-state index >= 15 is 0 Å². The number of rotatable bonds is 7. The lowest BCUT2D eigenvalue weighted by Gasteiger charge is -2.35. The van der Waals surface area contributed by atoms with Crippen molar-refractivity contribution in [2.24, 2.45) is 11.3 Å². The molecule has 5 bridgehead atoms. The van der Waals surface area contributed by atoms with Crippen LogP contribution >= 0.6 is 0 Å². The highest BCUT2D eigenvalue weighted by Crippen LogP contribution is 2.45. The summed E-state index contributed by atoms with van der Waals surface area (Å²) in [6.07, 6.45) is 4.15. The Labute approximate surface area is 320 Å². The highest BCUT2D eigenvalue weighted by Gasteiger charge is 2.62. The van der Waals surface area contributed by atoms with E-state index < -0.39 is 74.1 Å². The predicted molar refractivity (Wildman–Crippen MR) is 204 cm³/mol. The van der Waals surface area contributed by atoms with Crippen molar-refractivity contribution in [3.63, 3.8) is 0 Å². The quantitative estimate of drug-likeness (QED) is 0.294. The van der Waals surface area contributed by atoms with Crippen LogP contribution in [-0.4, -0.2) is 89.2 Å². The molecule has 3 aromatic rings. The number of benzene rings is 2. The summed E-state index contributed by atoms with van der Waals surface area (Å²) in [7, 11) is -3.91. The van der Waals surface area contributed by atoms with Gasteiger partial charge in [0.1, 0.15) is 29.4 Å². The van der Waals surface area contributed by atoms with Gasteiger partial charge in [0, 0.05) is 17.9 Å². The minimum Gasteiger partial charge on any atom is -0.471 e. The van der Waals surface area contributed by atoms with Crippen molar-refractivity contribution in [1.29, 1.82) is 0 Å². The third-order valence-electron chi connectivity index (χ3n) is 10.8. The third-order valence-corrected chi connectivity index (χ3v) is 12.7. The van der Waals surface area contributed by atoms with Crippen LogP contribution in [0.5, 0.6) is 5.88 Å². The maximum Gasteiger partial charge on any atom is 0.407 e. The molecule has 55 heavy (non-hydrogen) atoms. The van der Waals surface area contributed by atoms with Crippen LogP contribution in [0.3, 0.4) is 0 Å². The first-order valence-corrected chi connectivity index (χ1v) is 20.5. The van der Waals surface area contributed by atoms with Gasteiger partial charge < -0.3 is 25.0 Å². The molecule has 0 spiro atoms. The van der Waals surface area contributed by atoms with Gasteiger partial charge in [-0.3, -0.25) is 19.1 Å². The Morgan fingerprint density at radius 3 is 2.49 bits per heavy atom. The molecule has 0 unspecified atom stereocenters. The first-order valence-electron chi connectivity index (χ1n) is 19.0. The molecule has 5 atom stereocenters. The number of hydrogen-bond donors (Lipinski definition) is 3. The third kappa shape index (κ3) is 8.17. The van der Waals surface area contributed by atoms with E-state index in [0.29, 0.717) is 36.0 Å². The molecule has 4 aliphatic rings. The standard InChI is InChI=1S/C40H48N6O8S/c1-5-26-22-40(26,37(49)45-55(51,52)28-16-17-28)44-34(47)31-21-27-23-46(31)36(48)33(39(2,3)4)43-38(50)53-19-11-7-8-12-24-15-18-29-30(20-24)42-35(54-27)32(41-29)25-13-9-6-10-14-25/h5-6,9-10,13-15,18,20,26-28,31,33H,1,7-8,11-12,16-17,19,21-23H2,2-4H3,(H,43,50)(H,44,47)(H,45,49)/t26-,27-,31+,33-,40+/m1/s1.